The van der Waals surface area contributed by atoms with E-state index < -0.39 is 0 Å². The average Bonchev–Trinajstić information content (AvgIpc) is 3.27. The highest BCUT2D eigenvalue weighted by atomic mass is 127. The smallest absolute Gasteiger partial charge is 0.244 e. The summed E-state index contributed by atoms with van der Waals surface area (Å²) in [5.74, 6) is 1.47. The number of anilines is 1. The number of hydrogen-bond donors (Lipinski definition) is 2. The van der Waals surface area contributed by atoms with Crippen molar-refractivity contribution in [1.82, 2.24) is 10.2 Å². The Labute approximate surface area is 203 Å². The standard InChI is InChI=1S/C22H36N4O4.HI/c1-18(2)30-20-9-7-19(8-10-20)25-22(23-11-6-14-29-16-15-28-3)24-17-21(27)26-12-4-5-13-26;/h7-10,18H,4-6,11-17H2,1-3H3,(H2,23,24,25);1H. The van der Waals surface area contributed by atoms with E-state index in [9.17, 15) is 4.79 Å². The monoisotopic (exact) mass is 548 g/mol. The molecule has 9 heteroatoms. The molecule has 0 aromatic heterocycles. The molecule has 8 nitrogen and oxygen atoms in total. The number of nitrogens with one attached hydrogen (secondary N) is 2. The largest absolute Gasteiger partial charge is 0.491 e. The summed E-state index contributed by atoms with van der Waals surface area (Å²) < 4.78 is 16.1. The molecule has 1 heterocycles. The Morgan fingerprint density at radius 1 is 1.13 bits per heavy atom. The molecule has 0 saturated carbocycles. The van der Waals surface area contributed by atoms with Gasteiger partial charge in [-0.2, -0.15) is 0 Å². The fraction of sp³-hybridized carbons (Fsp3) is 0.636. The van der Waals surface area contributed by atoms with E-state index >= 15 is 0 Å². The first-order valence-electron chi connectivity index (χ1n) is 10.7. The van der Waals surface area contributed by atoms with Crippen molar-refractivity contribution in [2.75, 3.05) is 58.4 Å². The van der Waals surface area contributed by atoms with E-state index in [0.29, 0.717) is 32.3 Å². The van der Waals surface area contributed by atoms with Crippen LogP contribution < -0.4 is 15.4 Å². The van der Waals surface area contributed by atoms with Crippen molar-refractivity contribution in [3.63, 3.8) is 0 Å². The predicted molar refractivity (Wildman–Crippen MR) is 135 cm³/mol. The number of carbonyl (C=O) groups excluding carboxylic acids is 1. The Balaban J connectivity index is 0.00000480. The van der Waals surface area contributed by atoms with E-state index in [0.717, 1.165) is 43.8 Å². The van der Waals surface area contributed by atoms with Crippen LogP contribution in [0.3, 0.4) is 0 Å². The SMILES string of the molecule is COCCOCCCNC(=NCC(=O)N1CCCC1)Nc1ccc(OC(C)C)cc1.I. The van der Waals surface area contributed by atoms with Gasteiger partial charge in [0, 0.05) is 39.0 Å². The van der Waals surface area contributed by atoms with Crippen LogP contribution in [0.5, 0.6) is 5.75 Å². The molecule has 1 aliphatic heterocycles. The summed E-state index contributed by atoms with van der Waals surface area (Å²) in [6, 6.07) is 7.70. The number of nitrogens with zero attached hydrogens (tertiary/aromatic N) is 2. The number of benzene rings is 1. The van der Waals surface area contributed by atoms with E-state index in [1.807, 2.05) is 43.0 Å². The maximum absolute atomic E-state index is 12.3. The van der Waals surface area contributed by atoms with Gasteiger partial charge in [0.15, 0.2) is 5.96 Å². The van der Waals surface area contributed by atoms with Crippen molar-refractivity contribution in [3.05, 3.63) is 24.3 Å². The summed E-state index contributed by atoms with van der Waals surface area (Å²) >= 11 is 0. The molecule has 1 saturated heterocycles. The number of methoxy groups -OCH3 is 1. The summed E-state index contributed by atoms with van der Waals surface area (Å²) in [5.41, 5.74) is 0.877. The van der Waals surface area contributed by atoms with Crippen molar-refractivity contribution in [2.45, 2.75) is 39.2 Å². The summed E-state index contributed by atoms with van der Waals surface area (Å²) in [6.07, 6.45) is 3.11. The number of amides is 1. The van der Waals surface area contributed by atoms with Gasteiger partial charge in [0.2, 0.25) is 5.91 Å². The third-order valence-corrected chi connectivity index (χ3v) is 4.51. The van der Waals surface area contributed by atoms with Crippen molar-refractivity contribution >= 4 is 41.5 Å². The molecule has 1 aromatic rings. The number of aliphatic imine (C=N–C) groups is 1. The topological polar surface area (TPSA) is 84.4 Å². The van der Waals surface area contributed by atoms with Gasteiger partial charge >= 0.3 is 0 Å². The molecular weight excluding hydrogens is 511 g/mol. The van der Waals surface area contributed by atoms with Crippen molar-refractivity contribution in [2.24, 2.45) is 4.99 Å². The Morgan fingerprint density at radius 2 is 1.84 bits per heavy atom. The van der Waals surface area contributed by atoms with E-state index in [1.165, 1.54) is 0 Å². The summed E-state index contributed by atoms with van der Waals surface area (Å²) in [4.78, 5) is 18.7. The maximum atomic E-state index is 12.3. The van der Waals surface area contributed by atoms with Crippen LogP contribution in [-0.4, -0.2) is 76.0 Å². The molecule has 1 aliphatic rings. The molecule has 2 rings (SSSR count). The minimum Gasteiger partial charge on any atom is -0.491 e. The average molecular weight is 548 g/mol. The number of ether oxygens (including phenoxy) is 3. The first kappa shape index (κ1) is 27.4. The van der Waals surface area contributed by atoms with Crippen LogP contribution in [0.15, 0.2) is 29.3 Å². The number of rotatable bonds is 12. The van der Waals surface area contributed by atoms with Crippen LogP contribution in [0.1, 0.15) is 33.1 Å². The molecule has 0 spiro atoms. The summed E-state index contributed by atoms with van der Waals surface area (Å²) in [5, 5.41) is 6.55. The number of halogens is 1. The van der Waals surface area contributed by atoms with E-state index in [4.69, 9.17) is 14.2 Å². The van der Waals surface area contributed by atoms with Gasteiger partial charge in [-0.1, -0.05) is 0 Å². The zero-order valence-electron chi connectivity index (χ0n) is 18.9. The molecule has 0 aliphatic carbocycles. The Hall–Kier alpha value is -1.59. The fourth-order valence-electron chi connectivity index (χ4n) is 3.00. The van der Waals surface area contributed by atoms with Gasteiger partial charge in [-0.3, -0.25) is 4.79 Å². The van der Waals surface area contributed by atoms with Crippen LogP contribution >= 0.6 is 24.0 Å². The molecular formula is C22H37IN4O4. The van der Waals surface area contributed by atoms with Gasteiger partial charge < -0.3 is 29.7 Å². The first-order valence-corrected chi connectivity index (χ1v) is 10.7. The second kappa shape index (κ2) is 16.1. The highest BCUT2D eigenvalue weighted by Gasteiger charge is 2.17. The van der Waals surface area contributed by atoms with Crippen LogP contribution in [-0.2, 0) is 14.3 Å². The molecule has 0 atom stereocenters. The third-order valence-electron chi connectivity index (χ3n) is 4.51. The van der Waals surface area contributed by atoms with Gasteiger partial charge in [0.25, 0.3) is 0 Å². The van der Waals surface area contributed by atoms with Crippen LogP contribution in [0, 0.1) is 0 Å². The van der Waals surface area contributed by atoms with Gasteiger partial charge in [-0.05, 0) is 57.4 Å². The normalized spacial score (nSPS) is 13.8. The lowest BCUT2D eigenvalue weighted by Gasteiger charge is -2.16. The molecule has 31 heavy (non-hydrogen) atoms. The Kier molecular flexibility index (Phi) is 14.3. The third kappa shape index (κ3) is 11.6. The first-order chi connectivity index (χ1) is 14.6. The predicted octanol–water partition coefficient (Wildman–Crippen LogP) is 3.12. The minimum absolute atomic E-state index is 0. The second-order valence-electron chi connectivity index (χ2n) is 7.45. The molecule has 1 amide bonds. The summed E-state index contributed by atoms with van der Waals surface area (Å²) in [6.45, 7) is 8.30. The molecule has 1 aromatic carbocycles. The number of hydrogen-bond acceptors (Lipinski definition) is 5. The van der Waals surface area contributed by atoms with E-state index in [-0.39, 0.29) is 42.5 Å². The molecule has 2 N–H and O–H groups in total. The fourth-order valence-corrected chi connectivity index (χ4v) is 3.00. The molecule has 0 bridgehead atoms. The van der Waals surface area contributed by atoms with Crippen molar-refractivity contribution in [1.29, 1.82) is 0 Å². The molecule has 0 unspecified atom stereocenters. The number of carbonyl (C=O) groups is 1. The Bertz CT molecular complexity index is 649. The van der Waals surface area contributed by atoms with E-state index in [2.05, 4.69) is 15.6 Å². The molecule has 0 radical (unpaired) electrons. The van der Waals surface area contributed by atoms with Gasteiger partial charge in [0.05, 0.1) is 19.3 Å². The minimum atomic E-state index is 0. The lowest BCUT2D eigenvalue weighted by Crippen LogP contribution is -2.35. The lowest BCUT2D eigenvalue weighted by atomic mass is 10.3. The Morgan fingerprint density at radius 3 is 2.48 bits per heavy atom. The van der Waals surface area contributed by atoms with Gasteiger partial charge in [-0.15, -0.1) is 24.0 Å². The number of guanidine groups is 1. The van der Waals surface area contributed by atoms with Crippen molar-refractivity contribution in [3.8, 4) is 5.75 Å². The molecule has 1 fully saturated rings. The summed E-state index contributed by atoms with van der Waals surface area (Å²) in [7, 11) is 1.66. The van der Waals surface area contributed by atoms with Crippen LogP contribution in [0.2, 0.25) is 0 Å². The zero-order chi connectivity index (χ0) is 21.6. The van der Waals surface area contributed by atoms with Crippen LogP contribution in [0.25, 0.3) is 0 Å². The zero-order valence-corrected chi connectivity index (χ0v) is 21.2. The van der Waals surface area contributed by atoms with Gasteiger partial charge in [0.1, 0.15) is 12.3 Å². The molecule has 176 valence electrons. The second-order valence-corrected chi connectivity index (χ2v) is 7.45. The lowest BCUT2D eigenvalue weighted by molar-refractivity contribution is -0.128. The van der Waals surface area contributed by atoms with Gasteiger partial charge in [-0.25, -0.2) is 4.99 Å². The number of likely N-dealkylation sites (tertiary alicyclic amines) is 1. The highest BCUT2D eigenvalue weighted by molar-refractivity contribution is 14.0. The van der Waals surface area contributed by atoms with E-state index in [1.54, 1.807) is 7.11 Å². The van der Waals surface area contributed by atoms with Crippen molar-refractivity contribution < 1.29 is 19.0 Å². The quantitative estimate of drug-likeness (QED) is 0.181. The highest BCUT2D eigenvalue weighted by Crippen LogP contribution is 2.17. The maximum Gasteiger partial charge on any atom is 0.244 e. The van der Waals surface area contributed by atoms with Crippen LogP contribution in [0.4, 0.5) is 5.69 Å².